The highest BCUT2D eigenvalue weighted by Gasteiger charge is 2.43. The van der Waals surface area contributed by atoms with Crippen LogP contribution in [0.4, 0.5) is 0 Å². The lowest BCUT2D eigenvalue weighted by molar-refractivity contribution is 0.508. The molecule has 2 aromatic rings. The summed E-state index contributed by atoms with van der Waals surface area (Å²) in [7, 11) is 0. The first-order valence-electron chi connectivity index (χ1n) is 10.8. The van der Waals surface area contributed by atoms with Crippen LogP contribution < -0.4 is 0 Å². The monoisotopic (exact) mass is 382 g/mol. The number of hydrogen-bond acceptors (Lipinski definition) is 0. The molecule has 0 saturated carbocycles. The second-order valence-electron chi connectivity index (χ2n) is 11.2. The number of rotatable bonds is 2. The Hall–Kier alpha value is -2.08. The summed E-state index contributed by atoms with van der Waals surface area (Å²) >= 11 is 0. The Labute approximate surface area is 177 Å². The van der Waals surface area contributed by atoms with Gasteiger partial charge in [0, 0.05) is 18.3 Å². The van der Waals surface area contributed by atoms with E-state index < -0.39 is 0 Å². The summed E-state index contributed by atoms with van der Waals surface area (Å²) in [6.07, 6.45) is 4.89. The van der Waals surface area contributed by atoms with Crippen molar-refractivity contribution in [3.63, 3.8) is 0 Å². The first kappa shape index (κ1) is 20.2. The van der Waals surface area contributed by atoms with Crippen LogP contribution in [-0.2, 0) is 0 Å². The molecule has 0 spiro atoms. The smallest absolute Gasteiger partial charge is 0.0176 e. The third kappa shape index (κ3) is 3.21. The first-order chi connectivity index (χ1) is 13.4. The maximum absolute atomic E-state index is 2.44. The molecule has 0 aliphatic heterocycles. The zero-order valence-corrected chi connectivity index (χ0v) is 19.3. The zero-order valence-electron chi connectivity index (χ0n) is 19.3. The summed E-state index contributed by atoms with van der Waals surface area (Å²) in [5.74, 6) is 0. The molecule has 150 valence electrons. The van der Waals surface area contributed by atoms with Gasteiger partial charge in [-0.05, 0) is 55.4 Å². The van der Waals surface area contributed by atoms with Gasteiger partial charge in [0.25, 0.3) is 0 Å². The third-order valence-corrected chi connectivity index (χ3v) is 6.45. The highest BCUT2D eigenvalue weighted by atomic mass is 14.5. The summed E-state index contributed by atoms with van der Waals surface area (Å²) in [4.78, 5) is 0. The van der Waals surface area contributed by atoms with Gasteiger partial charge in [-0.2, -0.15) is 0 Å². The van der Waals surface area contributed by atoms with Gasteiger partial charge in [-0.1, -0.05) is 104 Å². The Bertz CT molecular complexity index is 943. The quantitative estimate of drug-likeness (QED) is 0.491. The van der Waals surface area contributed by atoms with Gasteiger partial charge in [-0.15, -0.1) is 0 Å². The molecule has 29 heavy (non-hydrogen) atoms. The molecule has 2 aliphatic carbocycles. The normalized spacial score (nSPS) is 17.1. The molecule has 0 heteroatoms. The van der Waals surface area contributed by atoms with Gasteiger partial charge in [0.05, 0.1) is 0 Å². The van der Waals surface area contributed by atoms with E-state index in [2.05, 4.69) is 117 Å². The highest BCUT2D eigenvalue weighted by molar-refractivity contribution is 5.89. The van der Waals surface area contributed by atoms with Crippen LogP contribution in [0.2, 0.25) is 0 Å². The van der Waals surface area contributed by atoms with E-state index in [1.165, 1.54) is 44.5 Å². The lowest BCUT2D eigenvalue weighted by Crippen LogP contribution is -2.23. The van der Waals surface area contributed by atoms with E-state index in [0.29, 0.717) is 0 Å². The molecule has 0 nitrogen and oxygen atoms in total. The van der Waals surface area contributed by atoms with Crippen molar-refractivity contribution < 1.29 is 0 Å². The average molecular weight is 383 g/mol. The predicted molar refractivity (Wildman–Crippen MR) is 126 cm³/mol. The molecule has 2 aliphatic rings. The van der Waals surface area contributed by atoms with Gasteiger partial charge in [-0.3, -0.25) is 0 Å². The minimum Gasteiger partial charge on any atom is -0.0619 e. The summed E-state index contributed by atoms with van der Waals surface area (Å²) < 4.78 is 0. The fraction of sp³-hybridized carbons (Fsp3) is 0.379. The van der Waals surface area contributed by atoms with E-state index in [9.17, 15) is 0 Å². The Morgan fingerprint density at radius 1 is 0.483 bits per heavy atom. The molecule has 0 unspecified atom stereocenters. The van der Waals surface area contributed by atoms with E-state index in [0.717, 1.165) is 0 Å². The van der Waals surface area contributed by atoms with Crippen LogP contribution in [0, 0.1) is 29.1 Å². The van der Waals surface area contributed by atoms with E-state index in [-0.39, 0.29) is 16.2 Å². The van der Waals surface area contributed by atoms with Crippen LogP contribution in [0.1, 0.15) is 77.6 Å². The molecule has 0 bridgehead atoms. The van der Waals surface area contributed by atoms with E-state index >= 15 is 0 Å². The maximum atomic E-state index is 2.44. The van der Waals surface area contributed by atoms with Crippen LogP contribution in [0.5, 0.6) is 0 Å². The Balaban J connectivity index is 1.95. The molecular formula is C29H34. The van der Waals surface area contributed by atoms with Crippen molar-refractivity contribution in [1.29, 1.82) is 0 Å². The van der Waals surface area contributed by atoms with Gasteiger partial charge in [0.15, 0.2) is 0 Å². The molecule has 4 rings (SSSR count). The average Bonchev–Trinajstić information content (AvgIpc) is 3.20. The van der Waals surface area contributed by atoms with Gasteiger partial charge in [-0.25, -0.2) is 0 Å². The molecule has 0 N–H and O–H groups in total. The molecule has 0 amide bonds. The SMILES string of the molecule is CC(C)(C)C1=C(C(C)(C)C2=C(C(C)(C)C)c3ccccc3[CH]2)[CH]c2ccccc21. The van der Waals surface area contributed by atoms with Crippen molar-refractivity contribution in [3.8, 4) is 0 Å². The lowest BCUT2D eigenvalue weighted by atomic mass is 9.67. The van der Waals surface area contributed by atoms with Crippen LogP contribution in [0.25, 0.3) is 11.1 Å². The van der Waals surface area contributed by atoms with E-state index in [1.54, 1.807) is 0 Å². The molecule has 0 fully saturated rings. The molecular weight excluding hydrogens is 348 g/mol. The summed E-state index contributed by atoms with van der Waals surface area (Å²) in [5, 5.41) is 0. The molecule has 2 aromatic carbocycles. The topological polar surface area (TPSA) is 0 Å². The van der Waals surface area contributed by atoms with Crippen molar-refractivity contribution in [1.82, 2.24) is 0 Å². The minimum atomic E-state index is -0.0801. The summed E-state index contributed by atoms with van der Waals surface area (Å²) in [6.45, 7) is 18.9. The molecule has 0 aromatic heterocycles. The van der Waals surface area contributed by atoms with Gasteiger partial charge < -0.3 is 0 Å². The first-order valence-corrected chi connectivity index (χ1v) is 10.8. The van der Waals surface area contributed by atoms with Gasteiger partial charge in [0.2, 0.25) is 0 Å². The second kappa shape index (κ2) is 6.46. The number of fused-ring (bicyclic) bond motifs is 2. The van der Waals surface area contributed by atoms with Crippen LogP contribution >= 0.6 is 0 Å². The molecule has 2 radical (unpaired) electrons. The Morgan fingerprint density at radius 3 is 1.17 bits per heavy atom. The number of hydrogen-bond donors (Lipinski definition) is 0. The third-order valence-electron chi connectivity index (χ3n) is 6.45. The van der Waals surface area contributed by atoms with Crippen LogP contribution in [-0.4, -0.2) is 0 Å². The Kier molecular flexibility index (Phi) is 4.50. The number of allylic oxidation sites excluding steroid dienone is 4. The number of benzene rings is 2. The molecule has 0 heterocycles. The van der Waals surface area contributed by atoms with Crippen molar-refractivity contribution >= 4 is 11.1 Å². The van der Waals surface area contributed by atoms with Gasteiger partial charge >= 0.3 is 0 Å². The van der Waals surface area contributed by atoms with E-state index in [4.69, 9.17) is 0 Å². The Morgan fingerprint density at radius 2 is 0.828 bits per heavy atom. The largest absolute Gasteiger partial charge is 0.0619 e. The minimum absolute atomic E-state index is 0.0801. The summed E-state index contributed by atoms with van der Waals surface area (Å²) in [5.41, 5.74) is 11.5. The van der Waals surface area contributed by atoms with Gasteiger partial charge in [0.1, 0.15) is 0 Å². The highest BCUT2D eigenvalue weighted by Crippen LogP contribution is 2.58. The van der Waals surface area contributed by atoms with Crippen molar-refractivity contribution in [2.45, 2.75) is 55.4 Å². The zero-order chi connectivity index (χ0) is 21.2. The molecule has 0 atom stereocenters. The van der Waals surface area contributed by atoms with Crippen molar-refractivity contribution in [3.05, 3.63) is 94.8 Å². The van der Waals surface area contributed by atoms with Crippen molar-refractivity contribution in [2.24, 2.45) is 16.2 Å². The van der Waals surface area contributed by atoms with E-state index in [1.807, 2.05) is 0 Å². The summed E-state index contributed by atoms with van der Waals surface area (Å²) in [6, 6.07) is 17.8. The van der Waals surface area contributed by atoms with Crippen molar-refractivity contribution in [2.75, 3.05) is 0 Å². The second-order valence-corrected chi connectivity index (χ2v) is 11.2. The predicted octanol–water partition coefficient (Wildman–Crippen LogP) is 8.14. The standard InChI is InChI=1S/C29H34/c1-27(2,3)25-21-15-11-9-13-19(21)17-23(25)29(7,8)24-18-20-14-10-12-16-22(20)26(24)28(4,5)6/h9-18H,1-8H3. The lowest BCUT2D eigenvalue weighted by Gasteiger charge is -2.36. The fourth-order valence-corrected chi connectivity index (χ4v) is 5.19. The van der Waals surface area contributed by atoms with Crippen LogP contribution in [0.3, 0.4) is 0 Å². The molecule has 0 saturated heterocycles. The maximum Gasteiger partial charge on any atom is 0.0176 e. The fourth-order valence-electron chi connectivity index (χ4n) is 5.19. The van der Waals surface area contributed by atoms with Crippen LogP contribution in [0.15, 0.2) is 59.7 Å².